The molecule has 2 fully saturated rings. The second-order valence-electron chi connectivity index (χ2n) is 26.3. The molecule has 4 aromatic heterocycles. The summed E-state index contributed by atoms with van der Waals surface area (Å²) in [7, 11) is 12.0. The predicted octanol–water partition coefficient (Wildman–Crippen LogP) is 10.8. The van der Waals surface area contributed by atoms with Crippen LogP contribution in [0.1, 0.15) is 102 Å². The minimum atomic E-state index is -1.66. The second kappa shape index (κ2) is 35.8. The Bertz CT molecular complexity index is 4320. The molecule has 102 heavy (non-hydrogen) atoms. The molecule has 6 N–H and O–H groups in total. The Balaban J connectivity index is 0.000000151. The molecule has 2 atom stereocenters. The van der Waals surface area contributed by atoms with Gasteiger partial charge in [-0.3, -0.25) is 19.2 Å². The first-order valence-corrected chi connectivity index (χ1v) is 40.7. The van der Waals surface area contributed by atoms with Crippen LogP contribution in [0.25, 0.3) is 11.6 Å². The van der Waals surface area contributed by atoms with Crippen molar-refractivity contribution in [3.63, 3.8) is 0 Å². The molecule has 14 rings (SSSR count). The third kappa shape index (κ3) is 19.9. The van der Waals surface area contributed by atoms with Crippen LogP contribution in [0.3, 0.4) is 0 Å². The number of amides is 4. The zero-order valence-electron chi connectivity index (χ0n) is 57.5. The molecule has 0 radical (unpaired) electrons. The van der Waals surface area contributed by atoms with Crippen LogP contribution in [0.4, 0.5) is 0 Å². The van der Waals surface area contributed by atoms with Crippen molar-refractivity contribution in [2.45, 2.75) is 90.3 Å². The topological polar surface area (TPSA) is 229 Å². The Morgan fingerprint density at radius 3 is 1.15 bits per heavy atom. The SMILES string of the molecule is C#C[C@]1(O)CCN(C)C1=O.CC1(C)CCc2c(C(N)=O)nn(-c3cc(I)ccn3)c2C1.CN1CC[C@@](O)(C#Cc2ccnc(-n3nc(C(N)=O)c4c3CC(C)(C)CC4)c2)C1=O.[Cl][Pd][Cl].c1ccc(P(c2ccccc2)c2ccccc2)cc1.c1ccc(P(c2ccccc2)c2ccccc2)cc1. The number of carbonyl (C=O) groups excluding carboxylic acids is 4. The zero-order valence-corrected chi connectivity index (χ0v) is 64.6. The van der Waals surface area contributed by atoms with Crippen LogP contribution in [-0.4, -0.2) is 112 Å². The standard InChI is InChI=1S/C22H25N5O3.2C18H15P.C15H17IN4O.C7H9NO2.2ClH.Pd/c1-21(2)7-5-15-16(13-21)27(25-18(15)19(23)28)17-12-14(6-10-24-17)4-8-22(30)9-11-26(3)20(22)29;2*1-4-10-16(11-5-1)19(17-12-6-2-7-13-17)18-14-8-3-9-15-18;1-15(2)5-3-10-11(8-15)20(19-13(10)14(17)21)12-7-9(16)4-6-18-12;1-3-7(10)4-5-8(2)6(7)9;;;/h6,10,12,30H,5,7,9,11,13H2,1-3H3,(H2,23,28);2*1-15H;4,6-7H,3,5,8H2,1-2H3,(H2,17,21);1,10H,4-5H2,2H3;2*1H;/q;;;;;;;+2/p-2/t22-;;;;7-;;;/m0...0.../s1. The summed E-state index contributed by atoms with van der Waals surface area (Å²) in [4.78, 5) is 58.4. The minimum Gasteiger partial charge on any atom is -0.0622 e. The summed E-state index contributed by atoms with van der Waals surface area (Å²) in [6, 6.07) is 72.0. The number of likely N-dealkylation sites (tertiary alicyclic amines) is 2. The fraction of sp³-hybridized carbons (Fsp3) is 0.250. The molecule has 22 heteroatoms. The molecule has 4 amide bonds. The van der Waals surface area contributed by atoms with Gasteiger partial charge in [0.15, 0.2) is 23.0 Å². The van der Waals surface area contributed by atoms with Crippen molar-refractivity contribution in [2.24, 2.45) is 22.3 Å². The van der Waals surface area contributed by atoms with Gasteiger partial charge in [-0.15, -0.1) is 6.42 Å². The summed E-state index contributed by atoms with van der Waals surface area (Å²) in [6.07, 6.45) is 14.1. The largest absolute Gasteiger partial charge is 0.0622 e. The van der Waals surface area contributed by atoms with Crippen molar-refractivity contribution in [1.82, 2.24) is 39.3 Å². The zero-order chi connectivity index (χ0) is 73.2. The monoisotopic (exact) mass is 1640 g/mol. The van der Waals surface area contributed by atoms with E-state index in [1.54, 1.807) is 48.0 Å². The van der Waals surface area contributed by atoms with Crippen LogP contribution in [0, 0.1) is 38.6 Å². The van der Waals surface area contributed by atoms with Gasteiger partial charge in [-0.2, -0.15) is 10.2 Å². The number of terminal acetylenes is 1. The maximum Gasteiger partial charge on any atom is -0.0134 e. The summed E-state index contributed by atoms with van der Waals surface area (Å²) in [5.74, 6) is 7.18. The number of hydrogen-bond donors (Lipinski definition) is 4. The molecular formula is C80H81Cl2IN10O6P2Pd. The molecule has 2 aliphatic heterocycles. The minimum absolute atomic E-state index is 0.0786. The average molecular weight is 1640 g/mol. The van der Waals surface area contributed by atoms with E-state index in [0.29, 0.717) is 36.6 Å². The molecule has 10 aromatic rings. The Morgan fingerprint density at radius 2 is 0.853 bits per heavy atom. The van der Waals surface area contributed by atoms with Crippen molar-refractivity contribution in [3.8, 4) is 35.8 Å². The van der Waals surface area contributed by atoms with Gasteiger partial charge in [-0.1, -0.05) is 227 Å². The van der Waals surface area contributed by atoms with Gasteiger partial charge in [0.05, 0.1) is 11.4 Å². The van der Waals surface area contributed by atoms with Crippen LogP contribution in [-0.2, 0) is 51.2 Å². The van der Waals surface area contributed by atoms with E-state index >= 15 is 0 Å². The summed E-state index contributed by atoms with van der Waals surface area (Å²) in [6.45, 7) is 9.85. The molecule has 0 bridgehead atoms. The molecule has 16 nitrogen and oxygen atoms in total. The van der Waals surface area contributed by atoms with E-state index in [9.17, 15) is 29.4 Å². The van der Waals surface area contributed by atoms with E-state index in [-0.39, 0.29) is 44.8 Å². The average Bonchev–Trinajstić information content (AvgIpc) is 1.61. The predicted molar refractivity (Wildman–Crippen MR) is 416 cm³/mol. The number of benzene rings is 6. The molecule has 0 saturated carbocycles. The second-order valence-corrected chi connectivity index (χ2v) is 34.4. The number of likely N-dealkylation sites (N-methyl/N-ethyl adjacent to an activating group) is 2. The molecule has 0 unspecified atom stereocenters. The summed E-state index contributed by atoms with van der Waals surface area (Å²) in [5.41, 5.74) is 13.3. The molecule has 2 aliphatic carbocycles. The van der Waals surface area contributed by atoms with Gasteiger partial charge in [0.1, 0.15) is 0 Å². The van der Waals surface area contributed by atoms with E-state index < -0.39 is 44.8 Å². The molecular weight excluding hydrogens is 1560 g/mol. The van der Waals surface area contributed by atoms with Crippen molar-refractivity contribution in [2.75, 3.05) is 27.2 Å². The number of primary amides is 2. The van der Waals surface area contributed by atoms with Crippen molar-refractivity contribution < 1.29 is 45.3 Å². The molecule has 528 valence electrons. The van der Waals surface area contributed by atoms with E-state index in [0.717, 1.165) is 70.4 Å². The molecule has 4 aliphatic rings. The fourth-order valence-corrected chi connectivity index (χ4v) is 17.3. The van der Waals surface area contributed by atoms with Crippen LogP contribution < -0.4 is 43.3 Å². The first-order chi connectivity index (χ1) is 48.9. The van der Waals surface area contributed by atoms with Crippen molar-refractivity contribution >= 4 is 113 Å². The number of aliphatic hydroxyl groups is 2. The fourth-order valence-electron chi connectivity index (χ4n) is 12.3. The summed E-state index contributed by atoms with van der Waals surface area (Å²) in [5, 5.41) is 37.1. The first-order valence-electron chi connectivity index (χ1n) is 33.0. The van der Waals surface area contributed by atoms with E-state index in [4.69, 9.17) is 36.9 Å². The number of halogens is 3. The number of carbonyl (C=O) groups is 4. The summed E-state index contributed by atoms with van der Waals surface area (Å²) >= 11 is 2.14. The molecule has 0 spiro atoms. The van der Waals surface area contributed by atoms with Crippen LogP contribution >= 0.6 is 57.5 Å². The molecule has 6 heterocycles. The van der Waals surface area contributed by atoms with Gasteiger partial charge in [-0.25, -0.2) is 19.3 Å². The van der Waals surface area contributed by atoms with E-state index in [1.165, 1.54) is 41.6 Å². The first kappa shape index (κ1) is 77.9. The van der Waals surface area contributed by atoms with Crippen molar-refractivity contribution in [1.29, 1.82) is 0 Å². The summed E-state index contributed by atoms with van der Waals surface area (Å²) < 4.78 is 4.54. The maximum atomic E-state index is 12.1. The van der Waals surface area contributed by atoms with Gasteiger partial charge in [0, 0.05) is 72.7 Å². The number of nitrogens with zero attached hydrogens (tertiary/aromatic N) is 8. The number of hydrogen-bond acceptors (Lipinski definition) is 10. The van der Waals surface area contributed by atoms with E-state index in [1.807, 2.05) is 12.1 Å². The Labute approximate surface area is 629 Å². The Hall–Kier alpha value is -8.21. The number of fused-ring (bicyclic) bond motifs is 2. The smallest absolute Gasteiger partial charge is 0.0134 e. The third-order valence-corrected chi connectivity index (χ3v) is 23.2. The Kier molecular flexibility index (Phi) is 27.4. The number of rotatable bonds is 10. The third-order valence-electron chi connectivity index (χ3n) is 17.7. The maximum absolute atomic E-state index is 12.1. The van der Waals surface area contributed by atoms with E-state index in [2.05, 4.69) is 270 Å². The van der Waals surface area contributed by atoms with Gasteiger partial charge in [0.2, 0.25) is 11.2 Å². The number of pyridine rings is 2. The van der Waals surface area contributed by atoms with Gasteiger partial charge < -0.3 is 31.5 Å². The molecule has 2 saturated heterocycles. The quantitative estimate of drug-likeness (QED) is 0.0438. The van der Waals surface area contributed by atoms with Gasteiger partial charge >= 0.3 is 35.0 Å². The Morgan fingerprint density at radius 1 is 0.529 bits per heavy atom. The van der Waals surface area contributed by atoms with Crippen LogP contribution in [0.2, 0.25) is 0 Å². The van der Waals surface area contributed by atoms with Crippen LogP contribution in [0.5, 0.6) is 0 Å². The van der Waals surface area contributed by atoms with Crippen molar-refractivity contribution in [3.05, 3.63) is 262 Å². The number of aromatic nitrogens is 6. The normalized spacial score (nSPS) is 17.3. The number of nitrogens with two attached hydrogens (primary N) is 2. The molecule has 6 aromatic carbocycles. The van der Waals surface area contributed by atoms with Crippen LogP contribution in [0.15, 0.2) is 219 Å². The van der Waals surface area contributed by atoms with Gasteiger partial charge in [-0.05, 0) is 144 Å². The van der Waals surface area contributed by atoms with Gasteiger partial charge in [0.25, 0.3) is 23.6 Å².